The third kappa shape index (κ3) is 1.89. The van der Waals surface area contributed by atoms with Crippen LogP contribution >= 0.6 is 0 Å². The number of nitrogens with two attached hydrogens (primary N) is 1. The van der Waals surface area contributed by atoms with Crippen LogP contribution in [0.4, 0.5) is 11.6 Å². The Morgan fingerprint density at radius 2 is 1.84 bits per heavy atom. The van der Waals surface area contributed by atoms with Crippen molar-refractivity contribution in [3.05, 3.63) is 42.6 Å². The van der Waals surface area contributed by atoms with Crippen LogP contribution in [0.25, 0.3) is 16.9 Å². The van der Waals surface area contributed by atoms with Crippen LogP contribution in [0.5, 0.6) is 0 Å². The molecule has 19 heavy (non-hydrogen) atoms. The normalized spacial score (nSPS) is 10.8. The summed E-state index contributed by atoms with van der Waals surface area (Å²) >= 11 is 0. The average molecular weight is 253 g/mol. The van der Waals surface area contributed by atoms with Crippen LogP contribution in [-0.4, -0.2) is 28.6 Å². The molecule has 5 heteroatoms. The zero-order chi connectivity index (χ0) is 13.4. The van der Waals surface area contributed by atoms with Crippen molar-refractivity contribution in [2.45, 2.75) is 0 Å². The lowest BCUT2D eigenvalue weighted by molar-refractivity contribution is 1.08. The number of anilines is 2. The van der Waals surface area contributed by atoms with E-state index in [1.165, 1.54) is 0 Å². The fourth-order valence-electron chi connectivity index (χ4n) is 2.08. The Morgan fingerprint density at radius 3 is 2.53 bits per heavy atom. The number of nitrogen functional groups attached to an aromatic ring is 1. The van der Waals surface area contributed by atoms with Gasteiger partial charge in [0.25, 0.3) is 0 Å². The largest absolute Gasteiger partial charge is 0.378 e. The zero-order valence-electron chi connectivity index (χ0n) is 10.9. The minimum absolute atomic E-state index is 0.450. The van der Waals surface area contributed by atoms with Gasteiger partial charge in [0.05, 0.1) is 5.69 Å². The maximum Gasteiger partial charge on any atom is 0.207 e. The summed E-state index contributed by atoms with van der Waals surface area (Å²) in [5, 5.41) is 0. The first-order valence-corrected chi connectivity index (χ1v) is 6.03. The summed E-state index contributed by atoms with van der Waals surface area (Å²) in [7, 11) is 4.02. The molecule has 3 aromatic rings. The molecule has 0 radical (unpaired) electrons. The molecule has 0 spiro atoms. The van der Waals surface area contributed by atoms with Gasteiger partial charge in [0.15, 0.2) is 5.65 Å². The summed E-state index contributed by atoms with van der Waals surface area (Å²) in [6.07, 6.45) is 1.74. The van der Waals surface area contributed by atoms with E-state index in [1.54, 1.807) is 6.20 Å². The smallest absolute Gasteiger partial charge is 0.207 e. The molecule has 0 atom stereocenters. The SMILES string of the molecule is CN(C)c1ccc(-n2c(N)nc3cccnc32)cc1. The molecule has 3 rings (SSSR count). The van der Waals surface area contributed by atoms with E-state index in [9.17, 15) is 0 Å². The molecule has 0 aliphatic carbocycles. The molecule has 2 aromatic heterocycles. The highest BCUT2D eigenvalue weighted by Crippen LogP contribution is 2.22. The van der Waals surface area contributed by atoms with Crippen molar-refractivity contribution in [2.24, 2.45) is 0 Å². The fraction of sp³-hybridized carbons (Fsp3) is 0.143. The number of imidazole rings is 1. The topological polar surface area (TPSA) is 60.0 Å². The van der Waals surface area contributed by atoms with Gasteiger partial charge in [0.2, 0.25) is 5.95 Å². The van der Waals surface area contributed by atoms with E-state index in [-0.39, 0.29) is 0 Å². The zero-order valence-corrected chi connectivity index (χ0v) is 10.9. The molecule has 0 fully saturated rings. The quantitative estimate of drug-likeness (QED) is 0.759. The van der Waals surface area contributed by atoms with Gasteiger partial charge in [-0.15, -0.1) is 0 Å². The molecular weight excluding hydrogens is 238 g/mol. The van der Waals surface area contributed by atoms with Gasteiger partial charge in [-0.1, -0.05) is 0 Å². The molecule has 1 aromatic carbocycles. The van der Waals surface area contributed by atoms with Crippen molar-refractivity contribution in [2.75, 3.05) is 24.7 Å². The Balaban J connectivity index is 2.16. The number of nitrogens with zero attached hydrogens (tertiary/aromatic N) is 4. The van der Waals surface area contributed by atoms with Gasteiger partial charge in [-0.3, -0.25) is 4.57 Å². The second kappa shape index (κ2) is 4.28. The summed E-state index contributed by atoms with van der Waals surface area (Å²) in [6.45, 7) is 0. The predicted octanol–water partition coefficient (Wildman–Crippen LogP) is 2.07. The first-order chi connectivity index (χ1) is 9.16. The lowest BCUT2D eigenvalue weighted by atomic mass is 10.2. The second-order valence-corrected chi connectivity index (χ2v) is 4.56. The number of hydrogen-bond donors (Lipinski definition) is 1. The molecule has 0 amide bonds. The van der Waals surface area contributed by atoms with E-state index in [2.05, 4.69) is 14.9 Å². The highest BCUT2D eigenvalue weighted by Gasteiger charge is 2.10. The molecule has 5 nitrogen and oxygen atoms in total. The molecule has 0 aliphatic rings. The Morgan fingerprint density at radius 1 is 1.11 bits per heavy atom. The van der Waals surface area contributed by atoms with Crippen LogP contribution in [0.2, 0.25) is 0 Å². The van der Waals surface area contributed by atoms with Gasteiger partial charge in [-0.25, -0.2) is 9.97 Å². The maximum absolute atomic E-state index is 5.98. The molecule has 96 valence electrons. The second-order valence-electron chi connectivity index (χ2n) is 4.56. The van der Waals surface area contributed by atoms with E-state index in [4.69, 9.17) is 5.73 Å². The van der Waals surface area contributed by atoms with E-state index in [0.717, 1.165) is 22.5 Å². The monoisotopic (exact) mass is 253 g/mol. The summed E-state index contributed by atoms with van der Waals surface area (Å²) in [5.74, 6) is 0.450. The van der Waals surface area contributed by atoms with Crippen LogP contribution in [0.1, 0.15) is 0 Å². The standard InChI is InChI=1S/C14H15N5/c1-18(2)10-5-7-11(8-6-10)19-13-12(17-14(19)15)4-3-9-16-13/h3-9H,1-2H3,(H2,15,17). The highest BCUT2D eigenvalue weighted by molar-refractivity contribution is 5.76. The third-order valence-corrected chi connectivity index (χ3v) is 3.07. The van der Waals surface area contributed by atoms with Gasteiger partial charge in [-0.2, -0.15) is 0 Å². The van der Waals surface area contributed by atoms with Crippen molar-refractivity contribution in [1.82, 2.24) is 14.5 Å². The Bertz CT molecular complexity index is 712. The molecule has 0 saturated carbocycles. The van der Waals surface area contributed by atoms with E-state index in [1.807, 2.05) is 55.1 Å². The van der Waals surface area contributed by atoms with Gasteiger partial charge in [-0.05, 0) is 36.4 Å². The average Bonchev–Trinajstić information content (AvgIpc) is 2.74. The predicted molar refractivity (Wildman–Crippen MR) is 77.6 cm³/mol. The molecule has 2 heterocycles. The van der Waals surface area contributed by atoms with Gasteiger partial charge in [0.1, 0.15) is 5.52 Å². The molecule has 0 saturated heterocycles. The fourth-order valence-corrected chi connectivity index (χ4v) is 2.08. The number of pyridine rings is 1. The van der Waals surface area contributed by atoms with Crippen LogP contribution in [0.15, 0.2) is 42.6 Å². The number of aromatic nitrogens is 3. The van der Waals surface area contributed by atoms with Crippen LogP contribution in [0, 0.1) is 0 Å². The summed E-state index contributed by atoms with van der Waals surface area (Å²) < 4.78 is 1.86. The Hall–Kier alpha value is -2.56. The van der Waals surface area contributed by atoms with E-state index < -0.39 is 0 Å². The van der Waals surface area contributed by atoms with Crippen molar-refractivity contribution in [1.29, 1.82) is 0 Å². The number of fused-ring (bicyclic) bond motifs is 1. The summed E-state index contributed by atoms with van der Waals surface area (Å²) in [4.78, 5) is 10.7. The Kier molecular flexibility index (Phi) is 2.59. The maximum atomic E-state index is 5.98. The first kappa shape index (κ1) is 11.5. The van der Waals surface area contributed by atoms with Gasteiger partial charge in [0, 0.05) is 26.0 Å². The molecular formula is C14H15N5. The van der Waals surface area contributed by atoms with E-state index in [0.29, 0.717) is 5.95 Å². The molecule has 2 N–H and O–H groups in total. The van der Waals surface area contributed by atoms with Crippen LogP contribution in [-0.2, 0) is 0 Å². The third-order valence-electron chi connectivity index (χ3n) is 3.07. The lowest BCUT2D eigenvalue weighted by Gasteiger charge is -2.13. The first-order valence-electron chi connectivity index (χ1n) is 6.03. The van der Waals surface area contributed by atoms with Gasteiger partial charge < -0.3 is 10.6 Å². The number of hydrogen-bond acceptors (Lipinski definition) is 4. The van der Waals surface area contributed by atoms with Crippen molar-refractivity contribution in [3.63, 3.8) is 0 Å². The summed E-state index contributed by atoms with van der Waals surface area (Å²) in [5.41, 5.74) is 9.66. The lowest BCUT2D eigenvalue weighted by Crippen LogP contribution is -2.08. The van der Waals surface area contributed by atoms with Gasteiger partial charge >= 0.3 is 0 Å². The minimum Gasteiger partial charge on any atom is -0.378 e. The minimum atomic E-state index is 0.450. The number of rotatable bonds is 2. The summed E-state index contributed by atoms with van der Waals surface area (Å²) in [6, 6.07) is 11.9. The highest BCUT2D eigenvalue weighted by atomic mass is 15.2. The van der Waals surface area contributed by atoms with Crippen LogP contribution in [0.3, 0.4) is 0 Å². The molecule has 0 aliphatic heterocycles. The van der Waals surface area contributed by atoms with E-state index >= 15 is 0 Å². The number of benzene rings is 1. The Labute approximate surface area is 111 Å². The molecule has 0 unspecified atom stereocenters. The molecule has 0 bridgehead atoms. The van der Waals surface area contributed by atoms with Crippen molar-refractivity contribution < 1.29 is 0 Å². The van der Waals surface area contributed by atoms with Crippen molar-refractivity contribution >= 4 is 22.8 Å². The van der Waals surface area contributed by atoms with Crippen LogP contribution < -0.4 is 10.6 Å². The van der Waals surface area contributed by atoms with Crippen molar-refractivity contribution in [3.8, 4) is 5.69 Å².